The molecule has 6 atom stereocenters. The highest BCUT2D eigenvalue weighted by Crippen LogP contribution is 2.45. The van der Waals surface area contributed by atoms with E-state index in [0.717, 1.165) is 102 Å². The van der Waals surface area contributed by atoms with Crippen LogP contribution >= 0.6 is 15.6 Å². The Morgan fingerprint density at radius 2 is 0.481 bits per heavy atom. The van der Waals surface area contributed by atoms with Crippen LogP contribution in [0, 0.1) is 11.8 Å². The SMILES string of the molecule is CCCCCCCCCCCCCCCCCCCCC(=O)OC[C@H](COP(=O)(O)OC[C@@H](O)COP(=O)(O)OC[C@@H](COC(=O)CCCCCCCCCCCCCCC)OC(=O)CCCCCCCCCCCCC(C)C)OC(=O)CCCCCCCCCCCCCCCCCCCCC(C)CC. The molecule has 17 nitrogen and oxygen atoms in total. The van der Waals surface area contributed by atoms with Gasteiger partial charge in [0.05, 0.1) is 26.4 Å². The van der Waals surface area contributed by atoms with Crippen molar-refractivity contribution in [3.05, 3.63) is 0 Å². The van der Waals surface area contributed by atoms with E-state index in [2.05, 4.69) is 41.5 Å². The Labute approximate surface area is 651 Å². The Hall–Kier alpha value is -1.94. The van der Waals surface area contributed by atoms with Gasteiger partial charge in [0.15, 0.2) is 12.2 Å². The summed E-state index contributed by atoms with van der Waals surface area (Å²) in [6.07, 6.45) is 70.7. The van der Waals surface area contributed by atoms with Crippen LogP contribution < -0.4 is 0 Å². The molecule has 0 aromatic carbocycles. The van der Waals surface area contributed by atoms with Gasteiger partial charge in [-0.05, 0) is 37.5 Å². The Bertz CT molecular complexity index is 2030. The Morgan fingerprint density at radius 1 is 0.274 bits per heavy atom. The van der Waals surface area contributed by atoms with Crippen LogP contribution in [-0.2, 0) is 65.4 Å². The number of aliphatic hydroxyl groups excluding tert-OH is 1. The summed E-state index contributed by atoms with van der Waals surface area (Å²) < 4.78 is 68.9. The summed E-state index contributed by atoms with van der Waals surface area (Å²) in [6, 6.07) is 0. The molecule has 3 unspecified atom stereocenters. The number of hydrogen-bond acceptors (Lipinski definition) is 15. The summed E-state index contributed by atoms with van der Waals surface area (Å²) in [4.78, 5) is 73.3. The number of rotatable bonds is 86. The molecular weight excluding hydrogens is 1380 g/mol. The van der Waals surface area contributed by atoms with E-state index in [1.54, 1.807) is 0 Å². The van der Waals surface area contributed by atoms with Crippen molar-refractivity contribution in [2.45, 2.75) is 484 Å². The van der Waals surface area contributed by atoms with Gasteiger partial charge in [0.25, 0.3) is 0 Å². The second-order valence-corrected chi connectivity index (χ2v) is 34.9. The molecular formula is C87H170O17P2. The van der Waals surface area contributed by atoms with Crippen LogP contribution in [0.1, 0.15) is 465 Å². The summed E-state index contributed by atoms with van der Waals surface area (Å²) in [5.41, 5.74) is 0. The van der Waals surface area contributed by atoms with Gasteiger partial charge in [-0.25, -0.2) is 9.13 Å². The maximum absolute atomic E-state index is 13.2. The lowest BCUT2D eigenvalue weighted by Gasteiger charge is -2.21. The highest BCUT2D eigenvalue weighted by atomic mass is 31.2. The fraction of sp³-hybridized carbons (Fsp3) is 0.954. The first-order valence-corrected chi connectivity index (χ1v) is 48.0. The quantitative estimate of drug-likeness (QED) is 0.0222. The number of aliphatic hydroxyl groups is 1. The molecule has 0 radical (unpaired) electrons. The predicted molar refractivity (Wildman–Crippen MR) is 437 cm³/mol. The fourth-order valence-corrected chi connectivity index (χ4v) is 15.1. The molecule has 0 rings (SSSR count). The zero-order valence-corrected chi connectivity index (χ0v) is 71.5. The van der Waals surface area contributed by atoms with Crippen molar-refractivity contribution < 1.29 is 80.2 Å². The van der Waals surface area contributed by atoms with E-state index in [1.165, 1.54) is 283 Å². The second-order valence-electron chi connectivity index (χ2n) is 32.0. The van der Waals surface area contributed by atoms with Gasteiger partial charge in [0, 0.05) is 25.7 Å². The van der Waals surface area contributed by atoms with Crippen LogP contribution in [0.3, 0.4) is 0 Å². The van der Waals surface area contributed by atoms with Gasteiger partial charge in [-0.2, -0.15) is 0 Å². The number of phosphoric ester groups is 2. The minimum absolute atomic E-state index is 0.107. The molecule has 0 aliphatic rings. The number of carbonyl (C=O) groups excluding carboxylic acids is 4. The summed E-state index contributed by atoms with van der Waals surface area (Å²) in [6.45, 7) is 9.74. The van der Waals surface area contributed by atoms with Crippen LogP contribution in [0.15, 0.2) is 0 Å². The van der Waals surface area contributed by atoms with E-state index in [4.69, 9.17) is 37.0 Å². The normalized spacial score (nSPS) is 14.1. The average molecular weight is 1550 g/mol. The molecule has 0 aliphatic heterocycles. The number of hydrogen-bond donors (Lipinski definition) is 3. The highest BCUT2D eigenvalue weighted by Gasteiger charge is 2.30. The molecule has 0 heterocycles. The Balaban J connectivity index is 5.24. The van der Waals surface area contributed by atoms with Crippen molar-refractivity contribution in [2.75, 3.05) is 39.6 Å². The van der Waals surface area contributed by atoms with Crippen molar-refractivity contribution in [1.82, 2.24) is 0 Å². The molecule has 106 heavy (non-hydrogen) atoms. The lowest BCUT2D eigenvalue weighted by Crippen LogP contribution is -2.30. The first kappa shape index (κ1) is 104. The monoisotopic (exact) mass is 1550 g/mol. The second kappa shape index (κ2) is 78.3. The van der Waals surface area contributed by atoms with Crippen molar-refractivity contribution in [1.29, 1.82) is 0 Å². The molecule has 0 aromatic rings. The Morgan fingerprint density at radius 3 is 0.717 bits per heavy atom. The van der Waals surface area contributed by atoms with E-state index >= 15 is 0 Å². The molecule has 0 amide bonds. The van der Waals surface area contributed by atoms with Crippen LogP contribution in [0.5, 0.6) is 0 Å². The van der Waals surface area contributed by atoms with Gasteiger partial charge in [-0.15, -0.1) is 0 Å². The van der Waals surface area contributed by atoms with Crippen molar-refractivity contribution in [3.8, 4) is 0 Å². The number of carbonyl (C=O) groups is 4. The highest BCUT2D eigenvalue weighted by molar-refractivity contribution is 7.47. The van der Waals surface area contributed by atoms with Crippen molar-refractivity contribution >= 4 is 39.5 Å². The standard InChI is InChI=1S/C87H170O17P2/c1-7-10-12-14-16-18-20-22-23-24-28-31-35-39-46-52-58-64-70-85(90)98-75-82(103-86(91)71-65-59-53-47-40-36-32-29-26-25-27-30-34-37-44-50-56-62-68-80(6)9-3)77-101-105(93,94)99-73-81(88)74-100-106(95,96)102-78-83(104-87(92)72-66-60-54-48-42-41-43-49-55-61-67-79(4)5)76-97-84(89)69-63-57-51-45-38-33-21-19-17-15-13-11-8-2/h79-83,88H,7-78H2,1-6H3,(H,93,94)(H,95,96)/t80?,81-,82-,83-/m1/s1. The zero-order valence-electron chi connectivity index (χ0n) is 69.7. The fourth-order valence-electron chi connectivity index (χ4n) is 13.6. The zero-order chi connectivity index (χ0) is 77.8. The first-order valence-electron chi connectivity index (χ1n) is 45.0. The molecule has 0 spiro atoms. The number of phosphoric acid groups is 2. The van der Waals surface area contributed by atoms with Gasteiger partial charge in [-0.1, -0.05) is 414 Å². The number of unbranched alkanes of at least 4 members (excludes halogenated alkanes) is 55. The molecule has 0 bridgehead atoms. The third-order valence-corrected chi connectivity index (χ3v) is 22.7. The van der Waals surface area contributed by atoms with E-state index < -0.39 is 97.5 Å². The third-order valence-electron chi connectivity index (χ3n) is 20.8. The summed E-state index contributed by atoms with van der Waals surface area (Å²) >= 11 is 0. The molecule has 630 valence electrons. The molecule has 19 heteroatoms. The molecule has 0 aromatic heterocycles. The number of ether oxygens (including phenoxy) is 4. The van der Waals surface area contributed by atoms with Crippen molar-refractivity contribution in [2.24, 2.45) is 11.8 Å². The van der Waals surface area contributed by atoms with E-state index in [9.17, 15) is 43.2 Å². The molecule has 3 N–H and O–H groups in total. The van der Waals surface area contributed by atoms with Crippen LogP contribution in [0.2, 0.25) is 0 Å². The van der Waals surface area contributed by atoms with Crippen LogP contribution in [0.4, 0.5) is 0 Å². The minimum atomic E-state index is -4.97. The molecule has 0 saturated carbocycles. The Kier molecular flexibility index (Phi) is 76.9. The van der Waals surface area contributed by atoms with Crippen molar-refractivity contribution in [3.63, 3.8) is 0 Å². The van der Waals surface area contributed by atoms with Gasteiger partial charge in [-0.3, -0.25) is 37.3 Å². The maximum Gasteiger partial charge on any atom is 0.472 e. The van der Waals surface area contributed by atoms with E-state index in [1.807, 2.05) is 0 Å². The van der Waals surface area contributed by atoms with Gasteiger partial charge in [0.1, 0.15) is 19.3 Å². The summed E-state index contributed by atoms with van der Waals surface area (Å²) in [5, 5.41) is 10.7. The smallest absolute Gasteiger partial charge is 0.462 e. The van der Waals surface area contributed by atoms with E-state index in [-0.39, 0.29) is 25.7 Å². The lowest BCUT2D eigenvalue weighted by molar-refractivity contribution is -0.161. The van der Waals surface area contributed by atoms with Gasteiger partial charge < -0.3 is 33.8 Å². The van der Waals surface area contributed by atoms with Crippen LogP contribution in [-0.4, -0.2) is 96.7 Å². The van der Waals surface area contributed by atoms with Gasteiger partial charge in [0.2, 0.25) is 0 Å². The van der Waals surface area contributed by atoms with Gasteiger partial charge >= 0.3 is 39.5 Å². The lowest BCUT2D eigenvalue weighted by atomic mass is 9.99. The largest absolute Gasteiger partial charge is 0.472 e. The molecule has 0 aliphatic carbocycles. The molecule has 0 saturated heterocycles. The van der Waals surface area contributed by atoms with Crippen LogP contribution in [0.25, 0.3) is 0 Å². The first-order chi connectivity index (χ1) is 51.4. The topological polar surface area (TPSA) is 237 Å². The predicted octanol–water partition coefficient (Wildman–Crippen LogP) is 26.6. The minimum Gasteiger partial charge on any atom is -0.462 e. The third kappa shape index (κ3) is 78.7. The average Bonchev–Trinajstić information content (AvgIpc) is 0.904. The number of esters is 4. The summed E-state index contributed by atoms with van der Waals surface area (Å²) in [7, 11) is -9.93. The van der Waals surface area contributed by atoms with E-state index in [0.29, 0.717) is 25.7 Å². The molecule has 0 fully saturated rings. The maximum atomic E-state index is 13.2. The summed E-state index contributed by atoms with van der Waals surface area (Å²) in [5.74, 6) is -0.477.